The van der Waals surface area contributed by atoms with Crippen LogP contribution in [0.3, 0.4) is 0 Å². The Balaban J connectivity index is 1.49. The van der Waals surface area contributed by atoms with Gasteiger partial charge in [0.1, 0.15) is 17.2 Å². The predicted octanol–water partition coefficient (Wildman–Crippen LogP) is 10.1. The Hall–Kier alpha value is -2.31. The second-order valence-electron chi connectivity index (χ2n) is 10.7. The van der Waals surface area contributed by atoms with Gasteiger partial charge in [0, 0.05) is 11.1 Å². The predicted molar refractivity (Wildman–Crippen MR) is 134 cm³/mol. The van der Waals surface area contributed by atoms with Crippen LogP contribution in [0.5, 0.6) is 17.2 Å². The van der Waals surface area contributed by atoms with Gasteiger partial charge in [0.05, 0.1) is 0 Å². The maximum absolute atomic E-state index is 14.8. The smallest absolute Gasteiger partial charge is 0.457 e. The highest BCUT2D eigenvalue weighted by atomic mass is 19.4. The number of hydrogen-bond acceptors (Lipinski definition) is 2. The molecule has 0 N–H and O–H groups in total. The molecule has 4 rings (SSSR count). The van der Waals surface area contributed by atoms with E-state index in [4.69, 9.17) is 4.74 Å². The van der Waals surface area contributed by atoms with E-state index in [1.165, 1.54) is 56.7 Å². The Morgan fingerprint density at radius 1 is 0.811 bits per heavy atom. The van der Waals surface area contributed by atoms with Crippen LogP contribution < -0.4 is 9.47 Å². The van der Waals surface area contributed by atoms with Crippen molar-refractivity contribution >= 4 is 0 Å². The number of halogens is 5. The fourth-order valence-corrected chi connectivity index (χ4v) is 6.51. The second-order valence-corrected chi connectivity index (χ2v) is 10.7. The van der Waals surface area contributed by atoms with Crippen LogP contribution in [0, 0.1) is 29.4 Å². The van der Waals surface area contributed by atoms with Gasteiger partial charge in [-0.1, -0.05) is 39.5 Å². The SMILES string of the molecule is CCCC1CCC(C2CCC(c3cc(F)c(F)c(CC)c3Oc3ccc(OC(F)(F)F)cc3)CC2)CC1. The Morgan fingerprint density at radius 2 is 1.38 bits per heavy atom. The van der Waals surface area contributed by atoms with Crippen LogP contribution in [0.25, 0.3) is 0 Å². The van der Waals surface area contributed by atoms with Crippen LogP contribution in [-0.2, 0) is 6.42 Å². The zero-order valence-corrected chi connectivity index (χ0v) is 21.7. The molecule has 7 heteroatoms. The highest BCUT2D eigenvalue weighted by molar-refractivity contribution is 5.48. The molecule has 2 aromatic rings. The van der Waals surface area contributed by atoms with Crippen molar-refractivity contribution < 1.29 is 31.4 Å². The Bertz CT molecular complexity index is 1020. The molecule has 0 aromatic heterocycles. The molecule has 0 radical (unpaired) electrons. The molecule has 2 saturated carbocycles. The molecule has 2 aliphatic rings. The average Bonchev–Trinajstić information content (AvgIpc) is 2.87. The fourth-order valence-electron chi connectivity index (χ4n) is 6.51. The molecule has 0 spiro atoms. The van der Waals surface area contributed by atoms with Crippen molar-refractivity contribution in [2.75, 3.05) is 0 Å². The van der Waals surface area contributed by atoms with Crippen LogP contribution in [0.1, 0.15) is 95.1 Å². The van der Waals surface area contributed by atoms with E-state index in [0.717, 1.165) is 49.7 Å². The Labute approximate surface area is 216 Å². The summed E-state index contributed by atoms with van der Waals surface area (Å²) in [6.45, 7) is 3.99. The van der Waals surface area contributed by atoms with Crippen LogP contribution in [0.4, 0.5) is 22.0 Å². The topological polar surface area (TPSA) is 18.5 Å². The van der Waals surface area contributed by atoms with Crippen molar-refractivity contribution in [3.05, 3.63) is 53.1 Å². The van der Waals surface area contributed by atoms with Gasteiger partial charge in [0.2, 0.25) is 0 Å². The normalized spacial score (nSPS) is 24.6. The zero-order valence-electron chi connectivity index (χ0n) is 21.7. The summed E-state index contributed by atoms with van der Waals surface area (Å²) in [6, 6.07) is 6.24. The maximum atomic E-state index is 14.8. The molecular weight excluding hydrogens is 487 g/mol. The molecule has 204 valence electrons. The van der Waals surface area contributed by atoms with Crippen LogP contribution >= 0.6 is 0 Å². The van der Waals surface area contributed by atoms with Gasteiger partial charge in [-0.3, -0.25) is 0 Å². The standard InChI is InChI=1S/C30H37F5O2/c1-3-5-19-6-8-20(9-7-19)21-10-12-22(13-11-21)26-18-27(31)28(32)25(4-2)29(26)36-23-14-16-24(17-15-23)37-30(33,34)35/h14-22H,3-13H2,1-2H3. The third-order valence-electron chi connectivity index (χ3n) is 8.39. The van der Waals surface area contributed by atoms with Gasteiger partial charge < -0.3 is 9.47 Å². The van der Waals surface area contributed by atoms with E-state index in [1.807, 2.05) is 0 Å². The summed E-state index contributed by atoms with van der Waals surface area (Å²) in [7, 11) is 0. The van der Waals surface area contributed by atoms with Crippen molar-refractivity contribution in [1.82, 2.24) is 0 Å². The number of alkyl halides is 3. The van der Waals surface area contributed by atoms with E-state index in [2.05, 4.69) is 11.7 Å². The molecule has 0 bridgehead atoms. The minimum Gasteiger partial charge on any atom is -0.457 e. The van der Waals surface area contributed by atoms with E-state index in [0.29, 0.717) is 11.5 Å². The second kappa shape index (κ2) is 12.0. The third-order valence-corrected chi connectivity index (χ3v) is 8.39. The number of rotatable bonds is 8. The minimum atomic E-state index is -4.79. The van der Waals surface area contributed by atoms with E-state index in [-0.39, 0.29) is 35.2 Å². The third kappa shape index (κ3) is 6.97. The molecule has 0 saturated heterocycles. The number of ether oxygens (including phenoxy) is 2. The average molecular weight is 525 g/mol. The first kappa shape index (κ1) is 27.7. The first-order chi connectivity index (χ1) is 17.7. The summed E-state index contributed by atoms with van der Waals surface area (Å²) in [5.41, 5.74) is 0.804. The van der Waals surface area contributed by atoms with Gasteiger partial charge in [-0.2, -0.15) is 0 Å². The van der Waals surface area contributed by atoms with E-state index in [1.54, 1.807) is 6.92 Å². The summed E-state index contributed by atoms with van der Waals surface area (Å²) in [5, 5.41) is 0. The number of benzene rings is 2. The molecule has 2 aliphatic carbocycles. The maximum Gasteiger partial charge on any atom is 0.573 e. The van der Waals surface area contributed by atoms with Crippen molar-refractivity contribution in [2.45, 2.75) is 96.8 Å². The molecule has 2 fully saturated rings. The zero-order chi connectivity index (χ0) is 26.6. The molecule has 0 heterocycles. The lowest BCUT2D eigenvalue weighted by Crippen LogP contribution is -2.25. The van der Waals surface area contributed by atoms with Gasteiger partial charge in [-0.05, 0) is 98.9 Å². The molecule has 2 aromatic carbocycles. The lowest BCUT2D eigenvalue weighted by molar-refractivity contribution is -0.274. The van der Waals surface area contributed by atoms with Gasteiger partial charge in [0.15, 0.2) is 11.6 Å². The van der Waals surface area contributed by atoms with Crippen molar-refractivity contribution in [2.24, 2.45) is 17.8 Å². The minimum absolute atomic E-state index is 0.0518. The Morgan fingerprint density at radius 3 is 1.92 bits per heavy atom. The molecule has 0 amide bonds. The van der Waals surface area contributed by atoms with E-state index < -0.39 is 18.0 Å². The molecule has 2 nitrogen and oxygen atoms in total. The fraction of sp³-hybridized carbons (Fsp3) is 0.600. The summed E-state index contributed by atoms with van der Waals surface area (Å²) in [4.78, 5) is 0. The summed E-state index contributed by atoms with van der Waals surface area (Å²) in [6.07, 6.45) is 7.19. The highest BCUT2D eigenvalue weighted by Crippen LogP contribution is 2.47. The Kier molecular flexibility index (Phi) is 9.02. The summed E-state index contributed by atoms with van der Waals surface area (Å²) < 4.78 is 76.8. The van der Waals surface area contributed by atoms with Gasteiger partial charge in [-0.15, -0.1) is 13.2 Å². The molecule has 0 atom stereocenters. The largest absolute Gasteiger partial charge is 0.573 e. The monoisotopic (exact) mass is 524 g/mol. The molecular formula is C30H37F5O2. The lowest BCUT2D eigenvalue weighted by Gasteiger charge is -2.38. The highest BCUT2D eigenvalue weighted by Gasteiger charge is 2.34. The van der Waals surface area contributed by atoms with Crippen molar-refractivity contribution in [1.29, 1.82) is 0 Å². The van der Waals surface area contributed by atoms with Crippen molar-refractivity contribution in [3.63, 3.8) is 0 Å². The van der Waals surface area contributed by atoms with Crippen LogP contribution in [-0.4, -0.2) is 6.36 Å². The quantitative estimate of drug-likeness (QED) is 0.320. The molecule has 37 heavy (non-hydrogen) atoms. The van der Waals surface area contributed by atoms with Gasteiger partial charge in [-0.25, -0.2) is 8.78 Å². The van der Waals surface area contributed by atoms with Crippen molar-refractivity contribution in [3.8, 4) is 17.2 Å². The molecule has 0 unspecified atom stereocenters. The summed E-state index contributed by atoms with van der Waals surface area (Å²) >= 11 is 0. The van der Waals surface area contributed by atoms with E-state index >= 15 is 0 Å². The lowest BCUT2D eigenvalue weighted by atomic mass is 9.68. The van der Waals surface area contributed by atoms with E-state index in [9.17, 15) is 22.0 Å². The first-order valence-electron chi connectivity index (χ1n) is 13.7. The van der Waals surface area contributed by atoms with Crippen LogP contribution in [0.2, 0.25) is 0 Å². The van der Waals surface area contributed by atoms with Gasteiger partial charge >= 0.3 is 6.36 Å². The first-order valence-corrected chi connectivity index (χ1v) is 13.7. The van der Waals surface area contributed by atoms with Gasteiger partial charge in [0.25, 0.3) is 0 Å². The summed E-state index contributed by atoms with van der Waals surface area (Å²) in [5.74, 6) is 0.711. The number of hydrogen-bond donors (Lipinski definition) is 0. The van der Waals surface area contributed by atoms with Crippen LogP contribution in [0.15, 0.2) is 30.3 Å². The molecule has 0 aliphatic heterocycles.